The molecule has 0 amide bonds. The van der Waals surface area contributed by atoms with Gasteiger partial charge in [0, 0.05) is 25.7 Å². The van der Waals surface area contributed by atoms with Gasteiger partial charge in [-0.15, -0.1) is 0 Å². The van der Waals surface area contributed by atoms with Gasteiger partial charge in [-0.1, -0.05) is 13.8 Å². The second-order valence-electron chi connectivity index (χ2n) is 4.49. The Morgan fingerprint density at radius 3 is 2.27 bits per heavy atom. The average Bonchev–Trinajstić information content (AvgIpc) is 2.16. The third-order valence-electron chi connectivity index (χ3n) is 2.66. The summed E-state index contributed by atoms with van der Waals surface area (Å²) in [4.78, 5) is 4.79. The molecule has 0 aliphatic carbocycles. The van der Waals surface area contributed by atoms with Gasteiger partial charge < -0.3 is 10.2 Å². The van der Waals surface area contributed by atoms with Crippen LogP contribution in [0, 0.1) is 0 Å². The largest absolute Gasteiger partial charge is 0.315 e. The van der Waals surface area contributed by atoms with E-state index < -0.39 is 0 Å². The summed E-state index contributed by atoms with van der Waals surface area (Å²) in [6.07, 6.45) is 1.22. The van der Waals surface area contributed by atoms with Gasteiger partial charge in [0.1, 0.15) is 0 Å². The van der Waals surface area contributed by atoms with E-state index in [1.807, 2.05) is 0 Å². The smallest absolute Gasteiger partial charge is 0.0195 e. The van der Waals surface area contributed by atoms with E-state index >= 15 is 0 Å². The van der Waals surface area contributed by atoms with E-state index in [1.165, 1.54) is 6.42 Å². The van der Waals surface area contributed by atoms with Crippen LogP contribution >= 0.6 is 0 Å². The summed E-state index contributed by atoms with van der Waals surface area (Å²) < 4.78 is 0. The highest BCUT2D eigenvalue weighted by atomic mass is 15.2. The van der Waals surface area contributed by atoms with Crippen LogP contribution in [0.4, 0.5) is 0 Å². The minimum Gasteiger partial charge on any atom is -0.315 e. The molecule has 92 valence electrons. The van der Waals surface area contributed by atoms with Crippen molar-refractivity contribution in [1.29, 1.82) is 0 Å². The lowest BCUT2D eigenvalue weighted by Gasteiger charge is -2.30. The molecule has 0 aromatic carbocycles. The Hall–Kier alpha value is -0.120. The Morgan fingerprint density at radius 1 is 1.13 bits per heavy atom. The first-order chi connectivity index (χ1) is 7.11. The predicted molar refractivity (Wildman–Crippen MR) is 68.4 cm³/mol. The van der Waals surface area contributed by atoms with Crippen LogP contribution in [0.5, 0.6) is 0 Å². The number of hydrogen-bond acceptors (Lipinski definition) is 3. The maximum Gasteiger partial charge on any atom is 0.0195 e. The van der Waals surface area contributed by atoms with Crippen LogP contribution in [0.2, 0.25) is 0 Å². The summed E-state index contributed by atoms with van der Waals surface area (Å²) in [5, 5.41) is 3.45. The molecule has 0 aliphatic rings. The fraction of sp³-hybridized carbons (Fsp3) is 1.00. The Kier molecular flexibility index (Phi) is 9.06. The van der Waals surface area contributed by atoms with Gasteiger partial charge in [0.25, 0.3) is 0 Å². The maximum absolute atomic E-state index is 3.45. The highest BCUT2D eigenvalue weighted by Gasteiger charge is 2.11. The number of hydrogen-bond donors (Lipinski definition) is 1. The molecule has 0 radical (unpaired) electrons. The zero-order chi connectivity index (χ0) is 11.7. The Morgan fingerprint density at radius 2 is 1.80 bits per heavy atom. The highest BCUT2D eigenvalue weighted by Crippen LogP contribution is 1.98. The van der Waals surface area contributed by atoms with E-state index in [1.54, 1.807) is 0 Å². The van der Waals surface area contributed by atoms with Crippen LogP contribution in [0.3, 0.4) is 0 Å². The van der Waals surface area contributed by atoms with Gasteiger partial charge in [-0.2, -0.15) is 0 Å². The minimum atomic E-state index is 0.647. The van der Waals surface area contributed by atoms with Crippen molar-refractivity contribution in [3.05, 3.63) is 0 Å². The molecule has 0 bridgehead atoms. The van der Waals surface area contributed by atoms with Crippen molar-refractivity contribution in [2.24, 2.45) is 0 Å². The molecule has 1 unspecified atom stereocenters. The molecule has 1 atom stereocenters. The first-order valence-electron chi connectivity index (χ1n) is 6.21. The normalized spacial score (nSPS) is 13.8. The van der Waals surface area contributed by atoms with Crippen molar-refractivity contribution < 1.29 is 0 Å². The summed E-state index contributed by atoms with van der Waals surface area (Å²) in [5.74, 6) is 0. The summed E-state index contributed by atoms with van der Waals surface area (Å²) >= 11 is 0. The number of likely N-dealkylation sites (N-methyl/N-ethyl adjacent to an activating group) is 2. The number of nitrogens with zero attached hydrogens (tertiary/aromatic N) is 2. The first-order valence-corrected chi connectivity index (χ1v) is 6.21. The fourth-order valence-corrected chi connectivity index (χ4v) is 1.86. The van der Waals surface area contributed by atoms with Gasteiger partial charge >= 0.3 is 0 Å². The monoisotopic (exact) mass is 215 g/mol. The van der Waals surface area contributed by atoms with Crippen molar-refractivity contribution in [2.45, 2.75) is 33.2 Å². The number of nitrogens with one attached hydrogen (secondary N) is 1. The Bertz CT molecular complexity index is 137. The Balaban J connectivity index is 3.70. The lowest BCUT2D eigenvalue weighted by Crippen LogP contribution is -2.43. The molecule has 0 aromatic rings. The molecule has 0 fully saturated rings. The van der Waals surface area contributed by atoms with Crippen molar-refractivity contribution in [1.82, 2.24) is 15.1 Å². The molecule has 0 saturated carbocycles. The quantitative estimate of drug-likeness (QED) is 0.584. The van der Waals surface area contributed by atoms with Crippen LogP contribution < -0.4 is 5.32 Å². The molecule has 15 heavy (non-hydrogen) atoms. The van der Waals surface area contributed by atoms with E-state index in [-0.39, 0.29) is 0 Å². The highest BCUT2D eigenvalue weighted by molar-refractivity contribution is 4.69. The van der Waals surface area contributed by atoms with Gasteiger partial charge in [-0.3, -0.25) is 4.90 Å². The van der Waals surface area contributed by atoms with E-state index in [0.29, 0.717) is 6.04 Å². The molecule has 0 rings (SSSR count). The van der Waals surface area contributed by atoms with Crippen LogP contribution in [-0.2, 0) is 0 Å². The lowest BCUT2D eigenvalue weighted by atomic mass is 10.2. The first kappa shape index (κ1) is 14.9. The third-order valence-corrected chi connectivity index (χ3v) is 2.66. The van der Waals surface area contributed by atoms with Crippen molar-refractivity contribution >= 4 is 0 Å². The van der Waals surface area contributed by atoms with Gasteiger partial charge in [0.05, 0.1) is 0 Å². The fourth-order valence-electron chi connectivity index (χ4n) is 1.86. The molecule has 0 saturated heterocycles. The van der Waals surface area contributed by atoms with E-state index in [9.17, 15) is 0 Å². The molecular formula is C12H29N3. The van der Waals surface area contributed by atoms with E-state index in [4.69, 9.17) is 0 Å². The molecule has 0 aromatic heterocycles. The second kappa shape index (κ2) is 9.13. The second-order valence-corrected chi connectivity index (χ2v) is 4.49. The standard InChI is InChI=1S/C12H29N3/c1-6-8-13-9-10-15(7-2)12(3)11-14(4)5/h12-13H,6-11H2,1-5H3. The molecule has 0 spiro atoms. The average molecular weight is 215 g/mol. The van der Waals surface area contributed by atoms with Crippen LogP contribution in [0.1, 0.15) is 27.2 Å². The van der Waals surface area contributed by atoms with Crippen molar-refractivity contribution in [3.63, 3.8) is 0 Å². The molecular weight excluding hydrogens is 186 g/mol. The summed E-state index contributed by atoms with van der Waals surface area (Å²) in [6, 6.07) is 0.647. The zero-order valence-electron chi connectivity index (χ0n) is 11.2. The predicted octanol–water partition coefficient (Wildman–Crippen LogP) is 1.26. The van der Waals surface area contributed by atoms with Gasteiger partial charge in [-0.05, 0) is 40.5 Å². The van der Waals surface area contributed by atoms with Gasteiger partial charge in [0.2, 0.25) is 0 Å². The van der Waals surface area contributed by atoms with Crippen LogP contribution in [0.15, 0.2) is 0 Å². The number of rotatable bonds is 9. The van der Waals surface area contributed by atoms with Crippen molar-refractivity contribution in [2.75, 3.05) is 46.8 Å². The van der Waals surface area contributed by atoms with Crippen LogP contribution in [-0.4, -0.2) is 62.7 Å². The molecule has 0 aliphatic heterocycles. The van der Waals surface area contributed by atoms with Gasteiger partial charge in [0.15, 0.2) is 0 Å². The van der Waals surface area contributed by atoms with Crippen LogP contribution in [0.25, 0.3) is 0 Å². The summed E-state index contributed by atoms with van der Waals surface area (Å²) in [5.41, 5.74) is 0. The van der Waals surface area contributed by atoms with E-state index in [2.05, 4.69) is 50.0 Å². The SMILES string of the molecule is CCCNCCN(CC)C(C)CN(C)C. The molecule has 3 nitrogen and oxygen atoms in total. The third kappa shape index (κ3) is 7.77. The minimum absolute atomic E-state index is 0.647. The molecule has 0 heterocycles. The topological polar surface area (TPSA) is 18.5 Å². The molecule has 3 heteroatoms. The van der Waals surface area contributed by atoms with Gasteiger partial charge in [-0.25, -0.2) is 0 Å². The zero-order valence-corrected chi connectivity index (χ0v) is 11.2. The summed E-state index contributed by atoms with van der Waals surface area (Å²) in [6.45, 7) is 12.4. The Labute approximate surface area is 95.8 Å². The van der Waals surface area contributed by atoms with Crippen molar-refractivity contribution in [3.8, 4) is 0 Å². The van der Waals surface area contributed by atoms with E-state index in [0.717, 1.165) is 32.7 Å². The maximum atomic E-state index is 3.45. The lowest BCUT2D eigenvalue weighted by molar-refractivity contribution is 0.182. The molecule has 1 N–H and O–H groups in total. The summed E-state index contributed by atoms with van der Waals surface area (Å²) in [7, 11) is 4.28.